The highest BCUT2D eigenvalue weighted by atomic mass is 32.1. The van der Waals surface area contributed by atoms with E-state index in [9.17, 15) is 14.0 Å². The van der Waals surface area contributed by atoms with Gasteiger partial charge in [0.1, 0.15) is 5.82 Å². The summed E-state index contributed by atoms with van der Waals surface area (Å²) < 4.78 is 23.3. The molecular weight excluding hydrogens is 525 g/mol. The van der Waals surface area contributed by atoms with Crippen molar-refractivity contribution in [3.05, 3.63) is 139 Å². The summed E-state index contributed by atoms with van der Waals surface area (Å²) in [6.45, 7) is 4.34. The molecule has 1 unspecified atom stereocenters. The second-order valence-corrected chi connectivity index (χ2v) is 10.6. The van der Waals surface area contributed by atoms with E-state index >= 15 is 0 Å². The number of hydrogen-bond donors (Lipinski definition) is 0. The molecule has 3 aromatic carbocycles. The highest BCUT2D eigenvalue weighted by Crippen LogP contribution is 2.31. The zero-order chi connectivity index (χ0) is 27.8. The largest absolute Gasteiger partial charge is 0.463 e. The lowest BCUT2D eigenvalue weighted by Crippen LogP contribution is -2.39. The van der Waals surface area contributed by atoms with Gasteiger partial charge in [-0.05, 0) is 49.2 Å². The molecule has 1 atom stereocenters. The third-order valence-corrected chi connectivity index (χ3v) is 7.99. The van der Waals surface area contributed by atoms with Crippen molar-refractivity contribution in [1.82, 2.24) is 9.13 Å². The van der Waals surface area contributed by atoms with Crippen LogP contribution in [0.15, 0.2) is 106 Å². The minimum Gasteiger partial charge on any atom is -0.463 e. The fraction of sp³-hybridized carbons (Fsp3) is 0.156. The number of aromatic nitrogens is 2. The molecular formula is C32H26FN3O3S. The average molecular weight is 552 g/mol. The predicted molar refractivity (Wildman–Crippen MR) is 154 cm³/mol. The van der Waals surface area contributed by atoms with Crippen molar-refractivity contribution in [2.24, 2.45) is 4.99 Å². The molecule has 8 heteroatoms. The van der Waals surface area contributed by atoms with E-state index in [4.69, 9.17) is 4.74 Å². The Hall–Kier alpha value is -4.56. The smallest absolute Gasteiger partial charge is 0.338 e. The van der Waals surface area contributed by atoms with Gasteiger partial charge < -0.3 is 9.30 Å². The molecule has 0 N–H and O–H groups in total. The molecule has 0 saturated heterocycles. The van der Waals surface area contributed by atoms with E-state index < -0.39 is 17.8 Å². The molecule has 200 valence electrons. The minimum absolute atomic E-state index is 0.184. The maximum Gasteiger partial charge on any atom is 0.338 e. The van der Waals surface area contributed by atoms with Crippen LogP contribution in [-0.2, 0) is 16.1 Å². The second kappa shape index (κ2) is 10.5. The molecule has 0 bridgehead atoms. The lowest BCUT2D eigenvalue weighted by molar-refractivity contribution is -0.139. The number of carbonyl (C=O) groups excluding carboxylic acids is 1. The molecule has 1 aliphatic rings. The molecule has 1 aliphatic heterocycles. The predicted octanol–water partition coefficient (Wildman–Crippen LogP) is 4.94. The summed E-state index contributed by atoms with van der Waals surface area (Å²) in [5.74, 6) is -0.947. The van der Waals surface area contributed by atoms with Gasteiger partial charge in [-0.3, -0.25) is 9.36 Å². The van der Waals surface area contributed by atoms with Crippen LogP contribution in [0.5, 0.6) is 0 Å². The molecule has 0 amide bonds. The number of esters is 1. The fourth-order valence-corrected chi connectivity index (χ4v) is 6.23. The van der Waals surface area contributed by atoms with E-state index in [0.29, 0.717) is 27.1 Å². The molecule has 2 aromatic heterocycles. The number of hydrogen-bond acceptors (Lipinski definition) is 5. The first-order valence-corrected chi connectivity index (χ1v) is 13.8. The van der Waals surface area contributed by atoms with Gasteiger partial charge in [0.05, 0.1) is 28.5 Å². The van der Waals surface area contributed by atoms with E-state index in [1.54, 1.807) is 26.0 Å². The van der Waals surface area contributed by atoms with Crippen LogP contribution in [0.4, 0.5) is 4.39 Å². The first-order chi connectivity index (χ1) is 19.4. The number of carbonyl (C=O) groups is 1. The first-order valence-electron chi connectivity index (χ1n) is 13.0. The second-order valence-electron chi connectivity index (χ2n) is 9.57. The molecule has 3 heterocycles. The number of allylic oxidation sites excluding steroid dienone is 1. The van der Waals surface area contributed by atoms with Crippen LogP contribution in [0, 0.1) is 5.82 Å². The van der Waals surface area contributed by atoms with Crippen molar-refractivity contribution >= 4 is 34.3 Å². The SMILES string of the molecule is CCOC(=O)C1=C(C)N=c2sc(=Cc3cn(Cc4ccccc4)c4ccccc34)c(=O)n2C1c1ccc(F)cc1. The Morgan fingerprint density at radius 2 is 1.77 bits per heavy atom. The van der Waals surface area contributed by atoms with E-state index in [1.165, 1.54) is 33.6 Å². The first kappa shape index (κ1) is 25.7. The maximum atomic E-state index is 14.0. The van der Waals surface area contributed by atoms with Crippen molar-refractivity contribution < 1.29 is 13.9 Å². The number of halogens is 1. The lowest BCUT2D eigenvalue weighted by atomic mass is 9.96. The minimum atomic E-state index is -0.780. The number of rotatable bonds is 6. The molecule has 6 rings (SSSR count). The van der Waals surface area contributed by atoms with Gasteiger partial charge in [-0.1, -0.05) is 72.0 Å². The maximum absolute atomic E-state index is 14.0. The number of para-hydroxylation sites is 1. The number of thiazole rings is 1. The number of fused-ring (bicyclic) bond motifs is 2. The van der Waals surface area contributed by atoms with E-state index in [2.05, 4.69) is 34.0 Å². The van der Waals surface area contributed by atoms with Crippen LogP contribution in [0.1, 0.15) is 36.6 Å². The zero-order valence-electron chi connectivity index (χ0n) is 22.0. The Balaban J connectivity index is 1.52. The number of nitrogens with zero attached hydrogens (tertiary/aromatic N) is 3. The average Bonchev–Trinajstić information content (AvgIpc) is 3.45. The van der Waals surface area contributed by atoms with E-state index in [1.807, 2.05) is 42.5 Å². The molecule has 0 aliphatic carbocycles. The Morgan fingerprint density at radius 1 is 1.05 bits per heavy atom. The van der Waals surface area contributed by atoms with Crippen LogP contribution >= 0.6 is 11.3 Å². The van der Waals surface area contributed by atoms with Crippen molar-refractivity contribution in [2.45, 2.75) is 26.4 Å². The summed E-state index contributed by atoms with van der Waals surface area (Å²) in [5, 5.41) is 1.03. The third kappa shape index (κ3) is 4.60. The van der Waals surface area contributed by atoms with Crippen LogP contribution in [-0.4, -0.2) is 21.7 Å². The third-order valence-electron chi connectivity index (χ3n) is 7.00. The summed E-state index contributed by atoms with van der Waals surface area (Å²) in [7, 11) is 0. The summed E-state index contributed by atoms with van der Waals surface area (Å²) in [6, 6.07) is 23.4. The Kier molecular flexibility index (Phi) is 6.77. The van der Waals surface area contributed by atoms with Crippen molar-refractivity contribution in [3.63, 3.8) is 0 Å². The molecule has 0 saturated carbocycles. The van der Waals surface area contributed by atoms with Crippen molar-refractivity contribution in [2.75, 3.05) is 6.61 Å². The van der Waals surface area contributed by atoms with Crippen LogP contribution in [0.3, 0.4) is 0 Å². The summed E-state index contributed by atoms with van der Waals surface area (Å²) >= 11 is 1.27. The molecule has 40 heavy (non-hydrogen) atoms. The Bertz CT molecular complexity index is 1950. The van der Waals surface area contributed by atoms with Crippen molar-refractivity contribution in [3.8, 4) is 0 Å². The molecule has 0 fully saturated rings. The van der Waals surface area contributed by atoms with E-state index in [-0.39, 0.29) is 17.7 Å². The van der Waals surface area contributed by atoms with Crippen LogP contribution in [0.2, 0.25) is 0 Å². The molecule has 6 nitrogen and oxygen atoms in total. The molecule has 0 spiro atoms. The standard InChI is InChI=1S/C32H26FN3O3S/c1-3-39-31(38)28-20(2)34-32-36(29(28)22-13-15-24(33)16-14-22)30(37)27(40-32)17-23-19-35(18-21-9-5-4-6-10-21)26-12-8-7-11-25(23)26/h4-17,19,29H,3,18H2,1-2H3. The summed E-state index contributed by atoms with van der Waals surface area (Å²) in [4.78, 5) is 32.1. The monoisotopic (exact) mass is 551 g/mol. The van der Waals surface area contributed by atoms with Crippen LogP contribution in [0.25, 0.3) is 17.0 Å². The fourth-order valence-electron chi connectivity index (χ4n) is 5.19. The van der Waals surface area contributed by atoms with Gasteiger partial charge in [-0.2, -0.15) is 0 Å². The lowest BCUT2D eigenvalue weighted by Gasteiger charge is -2.24. The van der Waals surface area contributed by atoms with Gasteiger partial charge in [0, 0.05) is 29.2 Å². The highest BCUT2D eigenvalue weighted by Gasteiger charge is 2.33. The van der Waals surface area contributed by atoms with Crippen LogP contribution < -0.4 is 14.9 Å². The number of ether oxygens (including phenoxy) is 1. The summed E-state index contributed by atoms with van der Waals surface area (Å²) in [5.41, 5.74) is 4.23. The Labute approximate surface area is 233 Å². The highest BCUT2D eigenvalue weighted by molar-refractivity contribution is 7.07. The van der Waals surface area contributed by atoms with Gasteiger partial charge in [0.25, 0.3) is 5.56 Å². The zero-order valence-corrected chi connectivity index (χ0v) is 22.8. The van der Waals surface area contributed by atoms with Gasteiger partial charge in [0.2, 0.25) is 0 Å². The van der Waals surface area contributed by atoms with Gasteiger partial charge >= 0.3 is 5.97 Å². The Morgan fingerprint density at radius 3 is 2.52 bits per heavy atom. The quantitative estimate of drug-likeness (QED) is 0.281. The van der Waals surface area contributed by atoms with Gasteiger partial charge in [-0.25, -0.2) is 14.2 Å². The molecule has 0 radical (unpaired) electrons. The van der Waals surface area contributed by atoms with Crippen molar-refractivity contribution in [1.29, 1.82) is 0 Å². The van der Waals surface area contributed by atoms with Gasteiger partial charge in [0.15, 0.2) is 4.80 Å². The number of benzene rings is 3. The normalized spacial score (nSPS) is 15.3. The van der Waals surface area contributed by atoms with E-state index in [0.717, 1.165) is 16.5 Å². The van der Waals surface area contributed by atoms with Gasteiger partial charge in [-0.15, -0.1) is 0 Å². The molecule has 5 aromatic rings. The topological polar surface area (TPSA) is 65.6 Å². The summed E-state index contributed by atoms with van der Waals surface area (Å²) in [6.07, 6.45) is 3.95.